The molecule has 2 aliphatic heterocycles. The van der Waals surface area contributed by atoms with E-state index in [1.807, 2.05) is 11.0 Å². The van der Waals surface area contributed by atoms with Crippen LogP contribution in [0.4, 0.5) is 0 Å². The maximum atomic E-state index is 12.9. The van der Waals surface area contributed by atoms with Gasteiger partial charge in [-0.2, -0.15) is 0 Å². The Morgan fingerprint density at radius 3 is 2.81 bits per heavy atom. The standard InChI is InChI=1S/C22H29N3O2/c1-15(2)25-10-4-5-21(22(25)26)24-11-8-16(9-12-24)19-14-23-20-7-6-17(27-3)13-18(19)20/h6-8,13-15,21,23H,4-5,9-12H2,1-3H3/t21-/m0/s1. The van der Waals surface area contributed by atoms with Crippen molar-refractivity contribution in [2.75, 3.05) is 26.7 Å². The second-order valence-electron chi connectivity index (χ2n) is 7.87. The van der Waals surface area contributed by atoms with Crippen LogP contribution in [0.1, 0.15) is 38.7 Å². The predicted octanol–water partition coefficient (Wildman–Crippen LogP) is 3.67. The second kappa shape index (κ2) is 7.39. The number of carbonyl (C=O) groups excluding carboxylic acids is 1. The van der Waals surface area contributed by atoms with E-state index in [0.717, 1.165) is 50.2 Å². The van der Waals surface area contributed by atoms with Crippen LogP contribution in [0.2, 0.25) is 0 Å². The number of aromatic nitrogens is 1. The Balaban J connectivity index is 1.53. The zero-order valence-corrected chi connectivity index (χ0v) is 16.5. The number of ether oxygens (including phenoxy) is 1. The summed E-state index contributed by atoms with van der Waals surface area (Å²) in [6, 6.07) is 6.47. The van der Waals surface area contributed by atoms with Gasteiger partial charge in [0.05, 0.1) is 13.2 Å². The first kappa shape index (κ1) is 18.1. The molecule has 1 aromatic carbocycles. The molecule has 0 spiro atoms. The van der Waals surface area contributed by atoms with Gasteiger partial charge in [0.1, 0.15) is 5.75 Å². The van der Waals surface area contributed by atoms with Gasteiger partial charge in [0, 0.05) is 48.3 Å². The highest BCUT2D eigenvalue weighted by Crippen LogP contribution is 2.32. The quantitative estimate of drug-likeness (QED) is 0.897. The summed E-state index contributed by atoms with van der Waals surface area (Å²) >= 11 is 0. The molecular weight excluding hydrogens is 338 g/mol. The SMILES string of the molecule is COc1ccc2[nH]cc(C3=CCN([C@H]4CCCN(C(C)C)C4=O)CC3)c2c1. The number of benzene rings is 1. The van der Waals surface area contributed by atoms with E-state index in [0.29, 0.717) is 5.91 Å². The minimum Gasteiger partial charge on any atom is -0.497 e. The zero-order chi connectivity index (χ0) is 19.0. The number of H-pyrrole nitrogens is 1. The van der Waals surface area contributed by atoms with Crippen molar-refractivity contribution in [1.29, 1.82) is 0 Å². The highest BCUT2D eigenvalue weighted by molar-refractivity contribution is 5.93. The summed E-state index contributed by atoms with van der Waals surface area (Å²) < 4.78 is 5.39. The number of nitrogens with one attached hydrogen (secondary N) is 1. The molecule has 0 bridgehead atoms. The molecule has 2 aliphatic rings. The summed E-state index contributed by atoms with van der Waals surface area (Å²) in [4.78, 5) is 20.6. The predicted molar refractivity (Wildman–Crippen MR) is 109 cm³/mol. The summed E-state index contributed by atoms with van der Waals surface area (Å²) in [6.45, 7) is 6.90. The van der Waals surface area contributed by atoms with Crippen LogP contribution in [-0.2, 0) is 4.79 Å². The van der Waals surface area contributed by atoms with E-state index in [1.54, 1.807) is 7.11 Å². The lowest BCUT2D eigenvalue weighted by Gasteiger charge is -2.41. The van der Waals surface area contributed by atoms with Gasteiger partial charge in [-0.1, -0.05) is 6.08 Å². The molecule has 4 rings (SSSR count). The number of nitrogens with zero attached hydrogens (tertiary/aromatic N) is 2. The third-order valence-electron chi connectivity index (χ3n) is 5.98. The molecule has 0 saturated carbocycles. The van der Waals surface area contributed by atoms with Crippen molar-refractivity contribution in [2.45, 2.75) is 45.2 Å². The lowest BCUT2D eigenvalue weighted by molar-refractivity contribution is -0.141. The lowest BCUT2D eigenvalue weighted by atomic mass is 9.95. The smallest absolute Gasteiger partial charge is 0.240 e. The fourth-order valence-corrected chi connectivity index (χ4v) is 4.44. The Morgan fingerprint density at radius 1 is 1.26 bits per heavy atom. The first-order chi connectivity index (χ1) is 13.1. The highest BCUT2D eigenvalue weighted by atomic mass is 16.5. The fourth-order valence-electron chi connectivity index (χ4n) is 4.44. The van der Waals surface area contributed by atoms with Crippen molar-refractivity contribution < 1.29 is 9.53 Å². The number of piperidine rings is 1. The van der Waals surface area contributed by atoms with E-state index >= 15 is 0 Å². The van der Waals surface area contributed by atoms with Crippen LogP contribution in [0, 0.1) is 0 Å². The van der Waals surface area contributed by atoms with Crippen molar-refractivity contribution >= 4 is 22.4 Å². The molecule has 1 amide bonds. The van der Waals surface area contributed by atoms with E-state index < -0.39 is 0 Å². The molecule has 5 heteroatoms. The first-order valence-electron chi connectivity index (χ1n) is 9.97. The first-order valence-corrected chi connectivity index (χ1v) is 9.97. The van der Waals surface area contributed by atoms with Crippen molar-refractivity contribution in [3.63, 3.8) is 0 Å². The second-order valence-corrected chi connectivity index (χ2v) is 7.87. The monoisotopic (exact) mass is 367 g/mol. The van der Waals surface area contributed by atoms with Gasteiger partial charge < -0.3 is 14.6 Å². The minimum atomic E-state index is 0.0435. The van der Waals surface area contributed by atoms with Gasteiger partial charge in [0.25, 0.3) is 0 Å². The molecule has 144 valence electrons. The summed E-state index contributed by atoms with van der Waals surface area (Å²) in [7, 11) is 1.70. The van der Waals surface area contributed by atoms with Gasteiger partial charge in [-0.15, -0.1) is 0 Å². The molecule has 5 nitrogen and oxygen atoms in total. The fraction of sp³-hybridized carbons (Fsp3) is 0.500. The highest BCUT2D eigenvalue weighted by Gasteiger charge is 2.34. The minimum absolute atomic E-state index is 0.0435. The molecule has 1 N–H and O–H groups in total. The summed E-state index contributed by atoms with van der Waals surface area (Å²) in [5.74, 6) is 1.19. The van der Waals surface area contributed by atoms with Gasteiger partial charge >= 0.3 is 0 Å². The van der Waals surface area contributed by atoms with Crippen LogP contribution < -0.4 is 4.74 Å². The van der Waals surface area contributed by atoms with Crippen LogP contribution in [-0.4, -0.2) is 59.5 Å². The van der Waals surface area contributed by atoms with Crippen molar-refractivity contribution in [2.24, 2.45) is 0 Å². The molecule has 1 fully saturated rings. The number of methoxy groups -OCH3 is 1. The number of rotatable bonds is 4. The van der Waals surface area contributed by atoms with Crippen LogP contribution in [0.5, 0.6) is 5.75 Å². The van der Waals surface area contributed by atoms with E-state index in [2.05, 4.69) is 48.1 Å². The Kier molecular flexibility index (Phi) is 4.96. The number of fused-ring (bicyclic) bond motifs is 1. The van der Waals surface area contributed by atoms with Crippen molar-refractivity contribution in [3.8, 4) is 5.75 Å². The molecule has 0 radical (unpaired) electrons. The summed E-state index contributed by atoms with van der Waals surface area (Å²) in [6.07, 6.45) is 7.44. The Bertz CT molecular complexity index is 868. The average molecular weight is 367 g/mol. The van der Waals surface area contributed by atoms with Gasteiger partial charge in [-0.25, -0.2) is 0 Å². The number of amides is 1. The van der Waals surface area contributed by atoms with Crippen LogP contribution in [0.15, 0.2) is 30.5 Å². The van der Waals surface area contributed by atoms with Crippen molar-refractivity contribution in [1.82, 2.24) is 14.8 Å². The molecule has 0 aliphatic carbocycles. The Labute approximate surface area is 161 Å². The van der Waals surface area contributed by atoms with Gasteiger partial charge in [0.2, 0.25) is 5.91 Å². The number of carbonyl (C=O) groups is 1. The third-order valence-corrected chi connectivity index (χ3v) is 5.98. The van der Waals surface area contributed by atoms with E-state index in [9.17, 15) is 4.79 Å². The molecular formula is C22H29N3O2. The number of hydrogen-bond donors (Lipinski definition) is 1. The Morgan fingerprint density at radius 2 is 2.11 bits per heavy atom. The third kappa shape index (κ3) is 3.36. The Hall–Kier alpha value is -2.27. The van der Waals surface area contributed by atoms with Gasteiger partial charge in [-0.3, -0.25) is 9.69 Å². The molecule has 3 heterocycles. The number of likely N-dealkylation sites (tertiary alicyclic amines) is 1. The van der Waals surface area contributed by atoms with Gasteiger partial charge in [0.15, 0.2) is 0 Å². The molecule has 27 heavy (non-hydrogen) atoms. The van der Waals surface area contributed by atoms with Crippen LogP contribution in [0.25, 0.3) is 16.5 Å². The number of hydrogen-bond acceptors (Lipinski definition) is 3. The topological polar surface area (TPSA) is 48.6 Å². The maximum Gasteiger partial charge on any atom is 0.240 e. The molecule has 1 aromatic heterocycles. The summed E-state index contributed by atoms with van der Waals surface area (Å²) in [5.41, 5.74) is 3.74. The molecule has 2 aromatic rings. The normalized spacial score (nSPS) is 21.8. The van der Waals surface area contributed by atoms with E-state index in [-0.39, 0.29) is 12.1 Å². The van der Waals surface area contributed by atoms with Crippen LogP contribution in [0.3, 0.4) is 0 Å². The maximum absolute atomic E-state index is 12.9. The number of aromatic amines is 1. The molecule has 1 atom stereocenters. The van der Waals surface area contributed by atoms with E-state index in [4.69, 9.17) is 4.74 Å². The lowest BCUT2D eigenvalue weighted by Crippen LogP contribution is -2.55. The average Bonchev–Trinajstić information content (AvgIpc) is 3.11. The van der Waals surface area contributed by atoms with Crippen LogP contribution >= 0.6 is 0 Å². The van der Waals surface area contributed by atoms with Gasteiger partial charge in [-0.05, 0) is 56.9 Å². The summed E-state index contributed by atoms with van der Waals surface area (Å²) in [5, 5.41) is 1.20. The van der Waals surface area contributed by atoms with E-state index in [1.165, 1.54) is 16.5 Å². The molecule has 0 unspecified atom stereocenters. The largest absolute Gasteiger partial charge is 0.497 e. The zero-order valence-electron chi connectivity index (χ0n) is 16.5. The van der Waals surface area contributed by atoms with Crippen molar-refractivity contribution in [3.05, 3.63) is 36.0 Å². The molecule has 1 saturated heterocycles.